The molecule has 1 heterocycles. The molecule has 1 aromatic rings. The molecule has 0 saturated carbocycles. The van der Waals surface area contributed by atoms with Gasteiger partial charge in [-0.2, -0.15) is 0 Å². The lowest BCUT2D eigenvalue weighted by Gasteiger charge is -2.13. The molecule has 0 aliphatic carbocycles. The number of imide groups is 1. The van der Waals surface area contributed by atoms with Crippen LogP contribution < -0.4 is 15.2 Å². The Morgan fingerprint density at radius 3 is 2.60 bits per heavy atom. The lowest BCUT2D eigenvalue weighted by Crippen LogP contribution is -2.36. The summed E-state index contributed by atoms with van der Waals surface area (Å²) in [4.78, 5) is 36.2. The van der Waals surface area contributed by atoms with Crippen LogP contribution in [0.15, 0.2) is 29.7 Å². The molecule has 0 aromatic heterocycles. The third-order valence-electron chi connectivity index (χ3n) is 3.43. The number of hydrogen-bond acceptors (Lipinski definition) is 6. The predicted octanol–water partition coefficient (Wildman–Crippen LogP) is 1.95. The Morgan fingerprint density at radius 2 is 2.04 bits per heavy atom. The van der Waals surface area contributed by atoms with Crippen LogP contribution in [0, 0.1) is 0 Å². The fourth-order valence-electron chi connectivity index (χ4n) is 2.40. The van der Waals surface area contributed by atoms with Gasteiger partial charge in [-0.05, 0) is 42.0 Å². The summed E-state index contributed by atoms with van der Waals surface area (Å²) in [6.45, 7) is 3.28. The summed E-state index contributed by atoms with van der Waals surface area (Å²) in [6, 6.07) is 3.53. The van der Waals surface area contributed by atoms with Crippen molar-refractivity contribution in [3.63, 3.8) is 0 Å². The molecule has 2 N–H and O–H groups in total. The van der Waals surface area contributed by atoms with Crippen LogP contribution in [0.1, 0.15) is 11.1 Å². The average Bonchev–Trinajstić information content (AvgIpc) is 2.81. The van der Waals surface area contributed by atoms with Gasteiger partial charge in [0.15, 0.2) is 11.5 Å². The summed E-state index contributed by atoms with van der Waals surface area (Å²) in [5.74, 6) is -0.206. The first kappa shape index (κ1) is 18.6. The number of benzene rings is 1. The monoisotopic (exact) mass is 362 g/mol. The maximum Gasteiger partial charge on any atom is 0.294 e. The second kappa shape index (κ2) is 7.89. The molecule has 0 spiro atoms. The maximum absolute atomic E-state index is 12.3. The minimum atomic E-state index is -0.747. The fraction of sp³-hybridized carbons (Fsp3) is 0.235. The van der Waals surface area contributed by atoms with Gasteiger partial charge in [-0.25, -0.2) is 0 Å². The van der Waals surface area contributed by atoms with Crippen molar-refractivity contribution in [3.8, 4) is 11.5 Å². The lowest BCUT2D eigenvalue weighted by atomic mass is 10.0. The highest BCUT2D eigenvalue weighted by Crippen LogP contribution is 2.36. The molecule has 132 valence electrons. The Balaban J connectivity index is 2.42. The largest absolute Gasteiger partial charge is 0.493 e. The standard InChI is InChI=1S/C17H18N2O5S/c1-4-5-11-6-10(7-12(23-2)15(11)24-3)8-13-16(21)19(9-14(18)20)17(22)25-13/h4,6-8H,1,5,9H2,2-3H3,(H2,18,20)/b13-8-. The minimum absolute atomic E-state index is 0.211. The van der Waals surface area contributed by atoms with Crippen LogP contribution in [-0.4, -0.2) is 42.7 Å². The number of carbonyl (C=O) groups is 3. The Bertz CT molecular complexity index is 773. The van der Waals surface area contributed by atoms with Gasteiger partial charge in [0.05, 0.1) is 19.1 Å². The number of nitrogens with zero attached hydrogens (tertiary/aromatic N) is 1. The summed E-state index contributed by atoms with van der Waals surface area (Å²) < 4.78 is 10.7. The first-order valence-corrected chi connectivity index (χ1v) is 8.12. The molecule has 0 bridgehead atoms. The minimum Gasteiger partial charge on any atom is -0.493 e. The van der Waals surface area contributed by atoms with Gasteiger partial charge in [-0.15, -0.1) is 6.58 Å². The van der Waals surface area contributed by atoms with E-state index in [-0.39, 0.29) is 4.91 Å². The molecule has 1 saturated heterocycles. The first-order valence-electron chi connectivity index (χ1n) is 7.30. The van der Waals surface area contributed by atoms with Gasteiger partial charge >= 0.3 is 0 Å². The van der Waals surface area contributed by atoms with E-state index in [9.17, 15) is 14.4 Å². The normalized spacial score (nSPS) is 15.6. The van der Waals surface area contributed by atoms with Crippen LogP contribution in [0.2, 0.25) is 0 Å². The van der Waals surface area contributed by atoms with E-state index in [0.717, 1.165) is 22.2 Å². The van der Waals surface area contributed by atoms with Crippen molar-refractivity contribution in [1.82, 2.24) is 4.90 Å². The lowest BCUT2D eigenvalue weighted by molar-refractivity contribution is -0.127. The zero-order chi connectivity index (χ0) is 18.6. The molecule has 1 aromatic carbocycles. The Hall–Kier alpha value is -2.74. The number of primary amides is 1. The third kappa shape index (κ3) is 4.03. The SMILES string of the molecule is C=CCc1cc(/C=C2\SC(=O)N(CC(N)=O)C2=O)cc(OC)c1OC. The van der Waals surface area contributed by atoms with Gasteiger partial charge in [0.2, 0.25) is 5.91 Å². The molecule has 3 amide bonds. The molecule has 1 aliphatic rings. The van der Waals surface area contributed by atoms with Crippen molar-refractivity contribution in [2.45, 2.75) is 6.42 Å². The van der Waals surface area contributed by atoms with E-state index in [1.165, 1.54) is 7.11 Å². The molecule has 0 radical (unpaired) electrons. The van der Waals surface area contributed by atoms with Crippen molar-refractivity contribution < 1.29 is 23.9 Å². The fourth-order valence-corrected chi connectivity index (χ4v) is 3.24. The number of thioether (sulfide) groups is 1. The second-order valence-electron chi connectivity index (χ2n) is 5.14. The molecule has 1 fully saturated rings. The zero-order valence-electron chi connectivity index (χ0n) is 13.9. The van der Waals surface area contributed by atoms with Crippen LogP contribution in [0.5, 0.6) is 11.5 Å². The number of carbonyl (C=O) groups excluding carboxylic acids is 3. The highest BCUT2D eigenvalue weighted by atomic mass is 32.2. The Kier molecular flexibility index (Phi) is 5.87. The van der Waals surface area contributed by atoms with Gasteiger partial charge in [0.25, 0.3) is 11.1 Å². The highest BCUT2D eigenvalue weighted by Gasteiger charge is 2.35. The quantitative estimate of drug-likeness (QED) is 0.588. The van der Waals surface area contributed by atoms with E-state index >= 15 is 0 Å². The summed E-state index contributed by atoms with van der Waals surface area (Å²) >= 11 is 0.760. The zero-order valence-corrected chi connectivity index (χ0v) is 14.7. The summed E-state index contributed by atoms with van der Waals surface area (Å²) in [6.07, 6.45) is 3.84. The van der Waals surface area contributed by atoms with Crippen molar-refractivity contribution in [2.24, 2.45) is 5.73 Å². The van der Waals surface area contributed by atoms with Gasteiger partial charge < -0.3 is 15.2 Å². The summed E-state index contributed by atoms with van der Waals surface area (Å²) in [5, 5.41) is -0.526. The van der Waals surface area contributed by atoms with Gasteiger partial charge in [0, 0.05) is 5.56 Å². The number of nitrogens with two attached hydrogens (primary N) is 1. The van der Waals surface area contributed by atoms with Gasteiger partial charge in [-0.3, -0.25) is 19.3 Å². The van der Waals surface area contributed by atoms with E-state index < -0.39 is 23.6 Å². The van der Waals surface area contributed by atoms with E-state index in [4.69, 9.17) is 15.2 Å². The predicted molar refractivity (Wildman–Crippen MR) is 95.3 cm³/mol. The average molecular weight is 362 g/mol. The van der Waals surface area contributed by atoms with Gasteiger partial charge in [0.1, 0.15) is 6.54 Å². The highest BCUT2D eigenvalue weighted by molar-refractivity contribution is 8.18. The molecule has 1 aliphatic heterocycles. The number of hydrogen-bond donors (Lipinski definition) is 1. The van der Waals surface area contributed by atoms with Crippen LogP contribution >= 0.6 is 11.8 Å². The molecular formula is C17H18N2O5S. The third-order valence-corrected chi connectivity index (χ3v) is 4.34. The van der Waals surface area contributed by atoms with Crippen LogP contribution in [0.3, 0.4) is 0 Å². The van der Waals surface area contributed by atoms with Crippen molar-refractivity contribution >= 4 is 34.9 Å². The van der Waals surface area contributed by atoms with E-state index in [0.29, 0.717) is 23.5 Å². The van der Waals surface area contributed by atoms with Gasteiger partial charge in [-0.1, -0.05) is 6.08 Å². The Morgan fingerprint density at radius 1 is 1.32 bits per heavy atom. The summed E-state index contributed by atoms with van der Waals surface area (Å²) in [5.41, 5.74) is 6.56. The number of amides is 3. The van der Waals surface area contributed by atoms with Crippen molar-refractivity contribution in [1.29, 1.82) is 0 Å². The molecule has 8 heteroatoms. The number of allylic oxidation sites excluding steroid dienone is 1. The van der Waals surface area contributed by atoms with Crippen LogP contribution in [0.4, 0.5) is 4.79 Å². The van der Waals surface area contributed by atoms with Crippen molar-refractivity contribution in [3.05, 3.63) is 40.8 Å². The molecule has 2 rings (SSSR count). The molecule has 0 unspecified atom stereocenters. The molecule has 25 heavy (non-hydrogen) atoms. The van der Waals surface area contributed by atoms with Crippen LogP contribution in [0.25, 0.3) is 6.08 Å². The van der Waals surface area contributed by atoms with E-state index in [2.05, 4.69) is 6.58 Å². The van der Waals surface area contributed by atoms with Crippen LogP contribution in [-0.2, 0) is 16.0 Å². The topological polar surface area (TPSA) is 98.9 Å². The Labute approximate surface area is 149 Å². The smallest absolute Gasteiger partial charge is 0.294 e. The first-order chi connectivity index (χ1) is 11.9. The number of ether oxygens (including phenoxy) is 2. The maximum atomic E-state index is 12.3. The molecule has 7 nitrogen and oxygen atoms in total. The van der Waals surface area contributed by atoms with E-state index in [1.54, 1.807) is 25.3 Å². The van der Waals surface area contributed by atoms with E-state index in [1.807, 2.05) is 6.07 Å². The summed E-state index contributed by atoms with van der Waals surface area (Å²) in [7, 11) is 3.05. The number of rotatable bonds is 7. The molecule has 0 atom stereocenters. The number of methoxy groups -OCH3 is 2. The molecular weight excluding hydrogens is 344 g/mol. The van der Waals surface area contributed by atoms with Crippen molar-refractivity contribution in [2.75, 3.05) is 20.8 Å². The second-order valence-corrected chi connectivity index (χ2v) is 6.14.